The SMILES string of the molecule is COc1cc2ncnc(Nc3ccc(Cl)c(Cl)c3F)c2cc1OC1CCN(C=C(C=O)CN(C)C)CC1. The number of methoxy groups -OCH3 is 1. The van der Waals surface area contributed by atoms with Gasteiger partial charge < -0.3 is 24.6 Å². The summed E-state index contributed by atoms with van der Waals surface area (Å²) in [6.07, 6.45) is 5.72. The predicted octanol–water partition coefficient (Wildman–Crippen LogP) is 5.32. The van der Waals surface area contributed by atoms with Crippen LogP contribution >= 0.6 is 23.2 Å². The molecule has 11 heteroatoms. The zero-order valence-electron chi connectivity index (χ0n) is 20.8. The predicted molar refractivity (Wildman–Crippen MR) is 144 cm³/mol. The number of carbonyl (C=O) groups is 1. The van der Waals surface area contributed by atoms with Gasteiger partial charge in [0.05, 0.1) is 28.4 Å². The molecule has 0 aliphatic carbocycles. The van der Waals surface area contributed by atoms with Gasteiger partial charge in [-0.1, -0.05) is 23.2 Å². The lowest BCUT2D eigenvalue weighted by Gasteiger charge is -2.32. The molecule has 1 saturated heterocycles. The molecule has 196 valence electrons. The van der Waals surface area contributed by atoms with E-state index in [4.69, 9.17) is 32.7 Å². The van der Waals surface area contributed by atoms with Gasteiger partial charge in [-0.25, -0.2) is 14.4 Å². The summed E-state index contributed by atoms with van der Waals surface area (Å²) in [6, 6.07) is 6.56. The highest BCUT2D eigenvalue weighted by Crippen LogP contribution is 2.37. The average Bonchev–Trinajstić information content (AvgIpc) is 2.89. The van der Waals surface area contributed by atoms with Crippen LogP contribution in [-0.4, -0.2) is 73.0 Å². The third-order valence-corrected chi connectivity index (χ3v) is 6.76. The summed E-state index contributed by atoms with van der Waals surface area (Å²) in [5, 5.41) is 3.57. The van der Waals surface area contributed by atoms with Crippen molar-refractivity contribution in [2.24, 2.45) is 0 Å². The van der Waals surface area contributed by atoms with Crippen LogP contribution in [0.25, 0.3) is 10.9 Å². The van der Waals surface area contributed by atoms with Crippen molar-refractivity contribution in [1.29, 1.82) is 0 Å². The molecule has 0 bridgehead atoms. The van der Waals surface area contributed by atoms with E-state index >= 15 is 0 Å². The van der Waals surface area contributed by atoms with Crippen molar-refractivity contribution in [1.82, 2.24) is 19.8 Å². The van der Waals surface area contributed by atoms with E-state index in [1.807, 2.05) is 25.2 Å². The van der Waals surface area contributed by atoms with Gasteiger partial charge in [-0.3, -0.25) is 4.79 Å². The van der Waals surface area contributed by atoms with E-state index in [1.165, 1.54) is 18.5 Å². The quantitative estimate of drug-likeness (QED) is 0.219. The molecule has 1 aromatic heterocycles. The summed E-state index contributed by atoms with van der Waals surface area (Å²) >= 11 is 11.9. The summed E-state index contributed by atoms with van der Waals surface area (Å²) in [5.41, 5.74) is 1.47. The van der Waals surface area contributed by atoms with E-state index in [9.17, 15) is 9.18 Å². The number of nitrogens with one attached hydrogen (secondary N) is 1. The first-order valence-corrected chi connectivity index (χ1v) is 12.5. The third-order valence-electron chi connectivity index (χ3n) is 5.98. The van der Waals surface area contributed by atoms with Gasteiger partial charge in [-0.05, 0) is 32.3 Å². The summed E-state index contributed by atoms with van der Waals surface area (Å²) in [6.45, 7) is 2.12. The lowest BCUT2D eigenvalue weighted by molar-refractivity contribution is -0.105. The minimum Gasteiger partial charge on any atom is -0.493 e. The molecule has 2 heterocycles. The molecule has 1 N–H and O–H groups in total. The Bertz CT molecular complexity index is 1310. The number of likely N-dealkylation sites (tertiary alicyclic amines) is 1. The highest BCUT2D eigenvalue weighted by atomic mass is 35.5. The number of hydrogen-bond acceptors (Lipinski definition) is 8. The van der Waals surface area contributed by atoms with Gasteiger partial charge in [0.25, 0.3) is 0 Å². The molecule has 1 fully saturated rings. The summed E-state index contributed by atoms with van der Waals surface area (Å²) < 4.78 is 26.6. The number of fused-ring (bicyclic) bond motifs is 1. The number of carbonyl (C=O) groups excluding carboxylic acids is 1. The molecule has 1 aliphatic heterocycles. The molecule has 2 aromatic carbocycles. The second-order valence-electron chi connectivity index (χ2n) is 9.00. The van der Waals surface area contributed by atoms with Gasteiger partial charge in [0.2, 0.25) is 0 Å². The number of hydrogen-bond donors (Lipinski definition) is 1. The maximum absolute atomic E-state index is 14.7. The average molecular weight is 548 g/mol. The number of rotatable bonds is 9. The van der Waals surface area contributed by atoms with Gasteiger partial charge in [0.1, 0.15) is 24.5 Å². The minimum atomic E-state index is -0.671. The fourth-order valence-corrected chi connectivity index (χ4v) is 4.49. The van der Waals surface area contributed by atoms with Gasteiger partial charge in [0.15, 0.2) is 17.3 Å². The Balaban J connectivity index is 1.54. The van der Waals surface area contributed by atoms with Gasteiger partial charge >= 0.3 is 0 Å². The molecule has 0 radical (unpaired) electrons. The molecule has 1 aliphatic rings. The smallest absolute Gasteiger partial charge is 0.166 e. The van der Waals surface area contributed by atoms with Gasteiger partial charge in [0, 0.05) is 55.7 Å². The number of benzene rings is 2. The Morgan fingerprint density at radius 1 is 1.22 bits per heavy atom. The van der Waals surface area contributed by atoms with Crippen molar-refractivity contribution in [3.63, 3.8) is 0 Å². The second-order valence-corrected chi connectivity index (χ2v) is 9.79. The normalized spacial score (nSPS) is 14.8. The van der Waals surface area contributed by atoms with Crippen molar-refractivity contribution in [3.05, 3.63) is 58.2 Å². The molecular formula is C26H28Cl2FN5O3. The van der Waals surface area contributed by atoms with E-state index < -0.39 is 5.82 Å². The zero-order chi connectivity index (χ0) is 26.5. The number of halogens is 3. The van der Waals surface area contributed by atoms with Crippen LogP contribution in [0.5, 0.6) is 11.5 Å². The van der Waals surface area contributed by atoms with Crippen LogP contribution in [0.4, 0.5) is 15.9 Å². The van der Waals surface area contributed by atoms with Crippen molar-refractivity contribution >= 4 is 51.9 Å². The first-order valence-electron chi connectivity index (χ1n) is 11.7. The van der Waals surface area contributed by atoms with Crippen LogP contribution in [0.1, 0.15) is 12.8 Å². The van der Waals surface area contributed by atoms with Crippen LogP contribution in [0.2, 0.25) is 10.0 Å². The van der Waals surface area contributed by atoms with Crippen LogP contribution in [0.15, 0.2) is 42.4 Å². The number of likely N-dealkylation sites (N-methyl/N-ethyl adjacent to an activating group) is 1. The highest BCUT2D eigenvalue weighted by Gasteiger charge is 2.22. The molecule has 0 unspecified atom stereocenters. The van der Waals surface area contributed by atoms with Crippen LogP contribution in [-0.2, 0) is 4.79 Å². The fourth-order valence-electron chi connectivity index (χ4n) is 4.18. The maximum Gasteiger partial charge on any atom is 0.166 e. The standard InChI is InChI=1S/C26H28Cl2FN5O3/c1-33(2)12-16(14-35)13-34-8-6-17(7-9-34)37-23-10-18-21(11-22(23)36-3)30-15-31-26(18)32-20-5-4-19(27)24(28)25(20)29/h4-5,10-11,13-15,17H,6-9,12H2,1-3H3,(H,30,31,32). The number of nitrogens with zero attached hydrogens (tertiary/aromatic N) is 4. The van der Waals surface area contributed by atoms with E-state index in [0.717, 1.165) is 37.8 Å². The molecular weight excluding hydrogens is 520 g/mol. The van der Waals surface area contributed by atoms with E-state index in [0.29, 0.717) is 34.8 Å². The maximum atomic E-state index is 14.7. The second kappa shape index (κ2) is 11.9. The van der Waals surface area contributed by atoms with Crippen LogP contribution < -0.4 is 14.8 Å². The fraction of sp³-hybridized carbons (Fsp3) is 0.346. The van der Waals surface area contributed by atoms with Crippen molar-refractivity contribution in [3.8, 4) is 11.5 Å². The first-order chi connectivity index (χ1) is 17.8. The van der Waals surface area contributed by atoms with Gasteiger partial charge in [-0.2, -0.15) is 0 Å². The van der Waals surface area contributed by atoms with Crippen LogP contribution in [0.3, 0.4) is 0 Å². The molecule has 0 saturated carbocycles. The highest BCUT2D eigenvalue weighted by molar-refractivity contribution is 6.42. The first kappa shape index (κ1) is 26.9. The van der Waals surface area contributed by atoms with Crippen molar-refractivity contribution in [2.75, 3.05) is 46.2 Å². The van der Waals surface area contributed by atoms with E-state index in [2.05, 4.69) is 20.2 Å². The summed E-state index contributed by atoms with van der Waals surface area (Å²) in [7, 11) is 5.43. The topological polar surface area (TPSA) is 79.8 Å². The molecule has 0 atom stereocenters. The largest absolute Gasteiger partial charge is 0.493 e. The Morgan fingerprint density at radius 2 is 1.97 bits per heavy atom. The zero-order valence-corrected chi connectivity index (χ0v) is 22.3. The lowest BCUT2D eigenvalue weighted by atomic mass is 10.1. The molecule has 0 amide bonds. The summed E-state index contributed by atoms with van der Waals surface area (Å²) in [5.74, 6) is 0.791. The lowest BCUT2D eigenvalue weighted by Crippen LogP contribution is -2.36. The number of aromatic nitrogens is 2. The Kier molecular flexibility index (Phi) is 8.68. The number of anilines is 2. The Hall–Kier alpha value is -3.14. The van der Waals surface area contributed by atoms with Gasteiger partial charge in [-0.15, -0.1) is 0 Å². The number of ether oxygens (including phenoxy) is 2. The number of aldehydes is 1. The van der Waals surface area contributed by atoms with Crippen molar-refractivity contribution < 1.29 is 18.7 Å². The summed E-state index contributed by atoms with van der Waals surface area (Å²) in [4.78, 5) is 24.1. The Morgan fingerprint density at radius 3 is 2.65 bits per heavy atom. The Labute approximate surface area is 225 Å². The number of piperidine rings is 1. The molecule has 37 heavy (non-hydrogen) atoms. The third kappa shape index (κ3) is 6.41. The molecule has 4 rings (SSSR count). The van der Waals surface area contributed by atoms with Crippen LogP contribution in [0, 0.1) is 5.82 Å². The molecule has 0 spiro atoms. The van der Waals surface area contributed by atoms with Crippen molar-refractivity contribution in [2.45, 2.75) is 18.9 Å². The van der Waals surface area contributed by atoms with E-state index in [1.54, 1.807) is 19.2 Å². The monoisotopic (exact) mass is 547 g/mol. The molecule has 3 aromatic rings. The van der Waals surface area contributed by atoms with E-state index in [-0.39, 0.29) is 21.8 Å². The molecule has 8 nitrogen and oxygen atoms in total. The minimum absolute atomic E-state index is 0.0434.